The molecule has 1 fully saturated rings. The lowest BCUT2D eigenvalue weighted by atomic mass is 10.0. The highest BCUT2D eigenvalue weighted by Crippen LogP contribution is 2.23. The predicted molar refractivity (Wildman–Crippen MR) is 69.5 cm³/mol. The van der Waals surface area contributed by atoms with E-state index in [0.29, 0.717) is 30.6 Å². The molecule has 0 bridgehead atoms. The standard InChI is InChI=1S/C11H20N6O/c1-3-18-11-14-9(16-12)13-10(15-11)17-7-5-4-6-8(17)2/h8H,3-7,12H2,1-2H3,(H,13,14,15,16). The third-order valence-corrected chi connectivity index (χ3v) is 3.07. The Morgan fingerprint density at radius 1 is 1.39 bits per heavy atom. The van der Waals surface area contributed by atoms with Gasteiger partial charge in [0.15, 0.2) is 0 Å². The number of hydrogen-bond donors (Lipinski definition) is 2. The molecule has 0 spiro atoms. The highest BCUT2D eigenvalue weighted by atomic mass is 16.5. The van der Waals surface area contributed by atoms with Crippen LogP contribution in [0.4, 0.5) is 11.9 Å². The van der Waals surface area contributed by atoms with E-state index in [1.165, 1.54) is 6.42 Å². The molecule has 1 aliphatic heterocycles. The largest absolute Gasteiger partial charge is 0.464 e. The summed E-state index contributed by atoms with van der Waals surface area (Å²) in [7, 11) is 0. The molecule has 7 nitrogen and oxygen atoms in total. The molecule has 0 aromatic carbocycles. The smallest absolute Gasteiger partial charge is 0.323 e. The van der Waals surface area contributed by atoms with Crippen LogP contribution in [0.1, 0.15) is 33.1 Å². The average Bonchev–Trinajstić information content (AvgIpc) is 2.39. The minimum atomic E-state index is 0.313. The Hall–Kier alpha value is -1.63. The van der Waals surface area contributed by atoms with E-state index < -0.39 is 0 Å². The zero-order valence-electron chi connectivity index (χ0n) is 10.9. The second kappa shape index (κ2) is 5.81. The van der Waals surface area contributed by atoms with Crippen LogP contribution in [0.15, 0.2) is 0 Å². The van der Waals surface area contributed by atoms with Gasteiger partial charge in [-0.3, -0.25) is 5.43 Å². The molecule has 0 saturated carbocycles. The number of nitrogens with two attached hydrogens (primary N) is 1. The Bertz CT molecular complexity index is 399. The van der Waals surface area contributed by atoms with Crippen LogP contribution >= 0.6 is 0 Å². The van der Waals surface area contributed by atoms with Crippen molar-refractivity contribution in [3.05, 3.63) is 0 Å². The molecule has 100 valence electrons. The summed E-state index contributed by atoms with van der Waals surface area (Å²) in [5.41, 5.74) is 2.45. The SMILES string of the molecule is CCOc1nc(NN)nc(N2CCCCC2C)n1. The maximum Gasteiger partial charge on any atom is 0.323 e. The Morgan fingerprint density at radius 2 is 2.22 bits per heavy atom. The van der Waals surface area contributed by atoms with Gasteiger partial charge in [-0.1, -0.05) is 0 Å². The summed E-state index contributed by atoms with van der Waals surface area (Å²) >= 11 is 0. The first kappa shape index (κ1) is 12.8. The van der Waals surface area contributed by atoms with E-state index in [1.807, 2.05) is 6.92 Å². The lowest BCUT2D eigenvalue weighted by molar-refractivity contribution is 0.311. The third kappa shape index (κ3) is 2.79. The van der Waals surface area contributed by atoms with Crippen LogP contribution < -0.4 is 20.9 Å². The van der Waals surface area contributed by atoms with Crippen molar-refractivity contribution in [3.63, 3.8) is 0 Å². The maximum absolute atomic E-state index is 5.37. The first-order chi connectivity index (χ1) is 8.74. The zero-order chi connectivity index (χ0) is 13.0. The van der Waals surface area contributed by atoms with Crippen molar-refractivity contribution >= 4 is 11.9 Å². The molecular weight excluding hydrogens is 232 g/mol. The van der Waals surface area contributed by atoms with Crippen LogP contribution in [0.25, 0.3) is 0 Å². The van der Waals surface area contributed by atoms with Gasteiger partial charge in [-0.05, 0) is 33.1 Å². The van der Waals surface area contributed by atoms with Crippen LogP contribution in [0.2, 0.25) is 0 Å². The highest BCUT2D eigenvalue weighted by molar-refractivity contribution is 5.39. The summed E-state index contributed by atoms with van der Waals surface area (Å²) in [5.74, 6) is 6.34. The number of aromatic nitrogens is 3. The van der Waals surface area contributed by atoms with E-state index in [2.05, 4.69) is 32.2 Å². The Balaban J connectivity index is 2.27. The lowest BCUT2D eigenvalue weighted by Gasteiger charge is -2.33. The highest BCUT2D eigenvalue weighted by Gasteiger charge is 2.22. The molecule has 0 aliphatic carbocycles. The number of hydrazine groups is 1. The minimum absolute atomic E-state index is 0.313. The number of rotatable bonds is 4. The number of nitrogens with zero attached hydrogens (tertiary/aromatic N) is 4. The van der Waals surface area contributed by atoms with Crippen molar-refractivity contribution < 1.29 is 4.74 Å². The van der Waals surface area contributed by atoms with Crippen molar-refractivity contribution in [2.75, 3.05) is 23.5 Å². The maximum atomic E-state index is 5.37. The number of nitrogen functional groups attached to an aromatic ring is 1. The summed E-state index contributed by atoms with van der Waals surface area (Å²) in [6, 6.07) is 0.745. The number of nitrogens with one attached hydrogen (secondary N) is 1. The molecule has 1 aromatic heterocycles. The van der Waals surface area contributed by atoms with Gasteiger partial charge in [0.1, 0.15) is 0 Å². The topological polar surface area (TPSA) is 89.2 Å². The molecule has 0 radical (unpaired) electrons. The summed E-state index contributed by atoms with van der Waals surface area (Å²) < 4.78 is 5.33. The molecule has 1 aromatic rings. The molecule has 18 heavy (non-hydrogen) atoms. The normalized spacial score (nSPS) is 19.7. The first-order valence-electron chi connectivity index (χ1n) is 6.36. The molecule has 1 saturated heterocycles. The van der Waals surface area contributed by atoms with E-state index >= 15 is 0 Å². The van der Waals surface area contributed by atoms with Gasteiger partial charge in [-0.2, -0.15) is 15.0 Å². The first-order valence-corrected chi connectivity index (χ1v) is 6.36. The van der Waals surface area contributed by atoms with Gasteiger partial charge in [0.25, 0.3) is 0 Å². The van der Waals surface area contributed by atoms with Gasteiger partial charge in [-0.15, -0.1) is 0 Å². The monoisotopic (exact) mass is 252 g/mol. The fourth-order valence-electron chi connectivity index (χ4n) is 2.13. The van der Waals surface area contributed by atoms with E-state index in [1.54, 1.807) is 0 Å². The van der Waals surface area contributed by atoms with E-state index in [4.69, 9.17) is 10.6 Å². The fourth-order valence-corrected chi connectivity index (χ4v) is 2.13. The summed E-state index contributed by atoms with van der Waals surface area (Å²) in [6.07, 6.45) is 3.56. The van der Waals surface area contributed by atoms with Crippen molar-refractivity contribution in [1.29, 1.82) is 0 Å². The van der Waals surface area contributed by atoms with E-state index in [-0.39, 0.29) is 0 Å². The number of anilines is 2. The summed E-state index contributed by atoms with van der Waals surface area (Å²) in [6.45, 7) is 5.55. The van der Waals surface area contributed by atoms with Gasteiger partial charge in [0.05, 0.1) is 6.61 Å². The second-order valence-electron chi connectivity index (χ2n) is 4.36. The summed E-state index contributed by atoms with van der Waals surface area (Å²) in [4.78, 5) is 14.9. The van der Waals surface area contributed by atoms with Gasteiger partial charge < -0.3 is 9.64 Å². The molecule has 2 heterocycles. The number of ether oxygens (including phenoxy) is 1. The van der Waals surface area contributed by atoms with E-state index in [0.717, 1.165) is 19.4 Å². The van der Waals surface area contributed by atoms with Crippen LogP contribution in [-0.2, 0) is 0 Å². The number of hydrogen-bond acceptors (Lipinski definition) is 7. The van der Waals surface area contributed by atoms with E-state index in [9.17, 15) is 0 Å². The van der Waals surface area contributed by atoms with Crippen molar-refractivity contribution in [1.82, 2.24) is 15.0 Å². The van der Waals surface area contributed by atoms with Gasteiger partial charge in [0, 0.05) is 12.6 Å². The molecule has 3 N–H and O–H groups in total. The molecule has 1 atom stereocenters. The quantitative estimate of drug-likeness (QED) is 0.608. The van der Waals surface area contributed by atoms with Gasteiger partial charge in [0.2, 0.25) is 11.9 Å². The number of piperidine rings is 1. The zero-order valence-corrected chi connectivity index (χ0v) is 10.9. The Labute approximate surface area is 107 Å². The fraction of sp³-hybridized carbons (Fsp3) is 0.727. The molecule has 1 aliphatic rings. The van der Waals surface area contributed by atoms with Crippen molar-refractivity contribution in [3.8, 4) is 6.01 Å². The Kier molecular flexibility index (Phi) is 4.14. The molecule has 0 amide bonds. The average molecular weight is 252 g/mol. The molecular formula is C11H20N6O. The van der Waals surface area contributed by atoms with Crippen LogP contribution in [0.3, 0.4) is 0 Å². The van der Waals surface area contributed by atoms with Crippen LogP contribution in [-0.4, -0.2) is 34.1 Å². The third-order valence-electron chi connectivity index (χ3n) is 3.07. The molecule has 1 unspecified atom stereocenters. The van der Waals surface area contributed by atoms with Crippen LogP contribution in [0.5, 0.6) is 6.01 Å². The molecule has 2 rings (SSSR count). The van der Waals surface area contributed by atoms with Crippen molar-refractivity contribution in [2.24, 2.45) is 5.84 Å². The lowest BCUT2D eigenvalue weighted by Crippen LogP contribution is -2.39. The van der Waals surface area contributed by atoms with Crippen LogP contribution in [0, 0.1) is 0 Å². The van der Waals surface area contributed by atoms with Gasteiger partial charge >= 0.3 is 6.01 Å². The second-order valence-corrected chi connectivity index (χ2v) is 4.36. The van der Waals surface area contributed by atoms with Gasteiger partial charge in [-0.25, -0.2) is 5.84 Å². The summed E-state index contributed by atoms with van der Waals surface area (Å²) in [5, 5.41) is 0. The molecule has 7 heteroatoms. The van der Waals surface area contributed by atoms with Crippen molar-refractivity contribution in [2.45, 2.75) is 39.2 Å². The minimum Gasteiger partial charge on any atom is -0.464 e. The predicted octanol–water partition coefficient (Wildman–Crippen LogP) is 0.935. The Morgan fingerprint density at radius 3 is 2.89 bits per heavy atom.